The zero-order valence-corrected chi connectivity index (χ0v) is 16.3. The molecule has 0 saturated carbocycles. The molecule has 5 nitrogen and oxygen atoms in total. The Kier molecular flexibility index (Phi) is 5.63. The summed E-state index contributed by atoms with van der Waals surface area (Å²) in [5.41, 5.74) is 2.05. The van der Waals surface area contributed by atoms with E-state index < -0.39 is 0 Å². The van der Waals surface area contributed by atoms with E-state index in [1.807, 2.05) is 24.3 Å². The molecule has 1 aliphatic heterocycles. The van der Waals surface area contributed by atoms with Gasteiger partial charge in [0.1, 0.15) is 5.58 Å². The first kappa shape index (κ1) is 18.6. The van der Waals surface area contributed by atoms with Crippen LogP contribution in [0.25, 0.3) is 11.0 Å². The Morgan fingerprint density at radius 1 is 1.04 bits per heavy atom. The summed E-state index contributed by atoms with van der Waals surface area (Å²) in [6, 6.07) is 20.2. The van der Waals surface area contributed by atoms with Gasteiger partial charge in [0.2, 0.25) is 0 Å². The molecule has 2 heterocycles. The van der Waals surface area contributed by atoms with Gasteiger partial charge in [0, 0.05) is 49.8 Å². The van der Waals surface area contributed by atoms with E-state index >= 15 is 0 Å². The van der Waals surface area contributed by atoms with Crippen molar-refractivity contribution in [2.24, 2.45) is 0 Å². The van der Waals surface area contributed by atoms with Crippen LogP contribution >= 0.6 is 0 Å². The lowest BCUT2D eigenvalue weighted by Gasteiger charge is -2.36. The fourth-order valence-electron chi connectivity index (χ4n) is 3.71. The molecule has 4 rings (SSSR count). The highest BCUT2D eigenvalue weighted by molar-refractivity contribution is 5.96. The van der Waals surface area contributed by atoms with Gasteiger partial charge in [-0.2, -0.15) is 0 Å². The number of nitrogens with one attached hydrogen (secondary N) is 1. The summed E-state index contributed by atoms with van der Waals surface area (Å²) in [7, 11) is 0. The first-order chi connectivity index (χ1) is 13.7. The number of rotatable bonds is 6. The van der Waals surface area contributed by atoms with E-state index in [1.54, 1.807) is 6.07 Å². The lowest BCUT2D eigenvalue weighted by molar-refractivity contribution is 0.0909. The third-order valence-electron chi connectivity index (χ3n) is 5.40. The molecule has 1 N–H and O–H groups in total. The van der Waals surface area contributed by atoms with Crippen molar-refractivity contribution in [2.75, 3.05) is 37.6 Å². The predicted octanol–water partition coefficient (Wildman–Crippen LogP) is 3.76. The molecule has 1 saturated heterocycles. The van der Waals surface area contributed by atoms with Gasteiger partial charge in [-0.25, -0.2) is 0 Å². The SMILES string of the molecule is CC(CCN1CCN(c2ccccc2)CC1)NC(=O)c1cc2ccccc2o1. The van der Waals surface area contributed by atoms with E-state index in [0.29, 0.717) is 5.76 Å². The fourth-order valence-corrected chi connectivity index (χ4v) is 3.71. The summed E-state index contributed by atoms with van der Waals surface area (Å²) in [5, 5.41) is 4.02. The summed E-state index contributed by atoms with van der Waals surface area (Å²) >= 11 is 0. The zero-order valence-electron chi connectivity index (χ0n) is 16.3. The van der Waals surface area contributed by atoms with Crippen LogP contribution in [-0.4, -0.2) is 49.6 Å². The van der Waals surface area contributed by atoms with Gasteiger partial charge in [0.05, 0.1) is 0 Å². The van der Waals surface area contributed by atoms with Gasteiger partial charge in [-0.3, -0.25) is 9.69 Å². The number of hydrogen-bond donors (Lipinski definition) is 1. The van der Waals surface area contributed by atoms with Crippen LogP contribution in [0.3, 0.4) is 0 Å². The van der Waals surface area contributed by atoms with Crippen LogP contribution < -0.4 is 10.2 Å². The maximum Gasteiger partial charge on any atom is 0.287 e. The second-order valence-corrected chi connectivity index (χ2v) is 7.48. The summed E-state index contributed by atoms with van der Waals surface area (Å²) < 4.78 is 5.65. The Labute approximate surface area is 165 Å². The van der Waals surface area contributed by atoms with Gasteiger partial charge in [0.15, 0.2) is 5.76 Å². The highest BCUT2D eigenvalue weighted by atomic mass is 16.3. The largest absolute Gasteiger partial charge is 0.451 e. The van der Waals surface area contributed by atoms with Crippen LogP contribution in [0.5, 0.6) is 0 Å². The standard InChI is InChI=1S/C23H27N3O2/c1-18(24-23(27)22-17-19-7-5-6-10-21(19)28-22)11-12-25-13-15-26(16-14-25)20-8-3-2-4-9-20/h2-10,17-18H,11-16H2,1H3,(H,24,27). The molecule has 1 aromatic heterocycles. The third-order valence-corrected chi connectivity index (χ3v) is 5.40. The Morgan fingerprint density at radius 2 is 1.75 bits per heavy atom. The van der Waals surface area contributed by atoms with E-state index in [9.17, 15) is 4.79 Å². The Hall–Kier alpha value is -2.79. The molecule has 2 aromatic carbocycles. The maximum atomic E-state index is 12.5. The minimum absolute atomic E-state index is 0.105. The Morgan fingerprint density at radius 3 is 2.50 bits per heavy atom. The normalized spacial score (nSPS) is 16.2. The van der Waals surface area contributed by atoms with E-state index in [1.165, 1.54) is 5.69 Å². The molecule has 0 bridgehead atoms. The van der Waals surface area contributed by atoms with Crippen molar-refractivity contribution in [1.29, 1.82) is 0 Å². The summed E-state index contributed by atoms with van der Waals surface area (Å²) in [5.74, 6) is 0.238. The highest BCUT2D eigenvalue weighted by Gasteiger charge is 2.19. The third kappa shape index (κ3) is 4.37. The quantitative estimate of drug-likeness (QED) is 0.711. The molecular formula is C23H27N3O2. The molecule has 28 heavy (non-hydrogen) atoms. The number of anilines is 1. The second kappa shape index (κ2) is 8.48. The number of fused-ring (bicyclic) bond motifs is 1. The summed E-state index contributed by atoms with van der Waals surface area (Å²) in [6.45, 7) is 7.25. The monoisotopic (exact) mass is 377 g/mol. The van der Waals surface area contributed by atoms with Gasteiger partial charge in [0.25, 0.3) is 5.91 Å². The second-order valence-electron chi connectivity index (χ2n) is 7.48. The minimum Gasteiger partial charge on any atom is -0.451 e. The van der Waals surface area contributed by atoms with Crippen LogP contribution in [0.4, 0.5) is 5.69 Å². The fraction of sp³-hybridized carbons (Fsp3) is 0.348. The molecule has 1 fully saturated rings. The molecule has 146 valence electrons. The first-order valence-corrected chi connectivity index (χ1v) is 10.0. The van der Waals surface area contributed by atoms with E-state index in [-0.39, 0.29) is 11.9 Å². The molecule has 0 aliphatic carbocycles. The maximum absolute atomic E-state index is 12.5. The summed E-state index contributed by atoms with van der Waals surface area (Å²) in [4.78, 5) is 17.4. The average Bonchev–Trinajstić information content (AvgIpc) is 3.18. The number of carbonyl (C=O) groups excluding carboxylic acids is 1. The zero-order chi connectivity index (χ0) is 19.3. The molecule has 1 amide bonds. The number of benzene rings is 2. The van der Waals surface area contributed by atoms with Crippen LogP contribution in [-0.2, 0) is 0 Å². The van der Waals surface area contributed by atoms with Gasteiger partial charge >= 0.3 is 0 Å². The number of nitrogens with zero attached hydrogens (tertiary/aromatic N) is 2. The Bertz CT molecular complexity index is 881. The molecule has 1 unspecified atom stereocenters. The van der Waals surface area contributed by atoms with E-state index in [0.717, 1.165) is 50.1 Å². The number of para-hydroxylation sites is 2. The van der Waals surface area contributed by atoms with Crippen molar-refractivity contribution >= 4 is 22.6 Å². The minimum atomic E-state index is -0.141. The molecule has 3 aromatic rings. The van der Waals surface area contributed by atoms with Crippen LogP contribution in [0.1, 0.15) is 23.9 Å². The molecular weight excluding hydrogens is 350 g/mol. The Balaban J connectivity index is 1.22. The number of hydrogen-bond acceptors (Lipinski definition) is 4. The molecule has 0 spiro atoms. The number of piperazine rings is 1. The van der Waals surface area contributed by atoms with E-state index in [2.05, 4.69) is 52.4 Å². The van der Waals surface area contributed by atoms with Gasteiger partial charge in [-0.1, -0.05) is 36.4 Å². The van der Waals surface area contributed by atoms with Gasteiger partial charge in [-0.15, -0.1) is 0 Å². The van der Waals surface area contributed by atoms with Gasteiger partial charge in [-0.05, 0) is 37.6 Å². The predicted molar refractivity (Wildman–Crippen MR) is 113 cm³/mol. The van der Waals surface area contributed by atoms with Crippen molar-refractivity contribution in [3.63, 3.8) is 0 Å². The molecule has 5 heteroatoms. The average molecular weight is 377 g/mol. The first-order valence-electron chi connectivity index (χ1n) is 10.0. The number of furan rings is 1. The van der Waals surface area contributed by atoms with Crippen molar-refractivity contribution < 1.29 is 9.21 Å². The van der Waals surface area contributed by atoms with Crippen molar-refractivity contribution in [3.8, 4) is 0 Å². The molecule has 1 atom stereocenters. The van der Waals surface area contributed by atoms with Crippen molar-refractivity contribution in [1.82, 2.24) is 10.2 Å². The van der Waals surface area contributed by atoms with Crippen molar-refractivity contribution in [2.45, 2.75) is 19.4 Å². The lowest BCUT2D eigenvalue weighted by atomic mass is 10.2. The topological polar surface area (TPSA) is 48.7 Å². The van der Waals surface area contributed by atoms with Crippen LogP contribution in [0, 0.1) is 0 Å². The number of amides is 1. The smallest absolute Gasteiger partial charge is 0.287 e. The summed E-state index contributed by atoms with van der Waals surface area (Å²) in [6.07, 6.45) is 0.928. The number of carbonyl (C=O) groups is 1. The molecule has 0 radical (unpaired) electrons. The van der Waals surface area contributed by atoms with Gasteiger partial charge < -0.3 is 14.6 Å². The molecule has 1 aliphatic rings. The van der Waals surface area contributed by atoms with Crippen LogP contribution in [0.2, 0.25) is 0 Å². The highest BCUT2D eigenvalue weighted by Crippen LogP contribution is 2.19. The van der Waals surface area contributed by atoms with Crippen LogP contribution in [0.15, 0.2) is 65.1 Å². The van der Waals surface area contributed by atoms with Crippen molar-refractivity contribution in [3.05, 3.63) is 66.4 Å². The lowest BCUT2D eigenvalue weighted by Crippen LogP contribution is -2.47. The van der Waals surface area contributed by atoms with E-state index in [4.69, 9.17) is 4.42 Å².